The minimum atomic E-state index is -0.392. The van der Waals surface area contributed by atoms with Crippen molar-refractivity contribution < 1.29 is 5.11 Å². The van der Waals surface area contributed by atoms with Gasteiger partial charge in [-0.2, -0.15) is 11.8 Å². The van der Waals surface area contributed by atoms with E-state index >= 15 is 0 Å². The number of hydrogen-bond acceptors (Lipinski definition) is 3. The maximum atomic E-state index is 9.39. The van der Waals surface area contributed by atoms with E-state index in [2.05, 4.69) is 11.8 Å². The van der Waals surface area contributed by atoms with Crippen molar-refractivity contribution >= 4 is 11.8 Å². The van der Waals surface area contributed by atoms with Gasteiger partial charge in [-0.25, -0.2) is 0 Å². The zero-order valence-electron chi connectivity index (χ0n) is 7.34. The van der Waals surface area contributed by atoms with Crippen molar-refractivity contribution in [3.63, 3.8) is 0 Å². The summed E-state index contributed by atoms with van der Waals surface area (Å²) in [6.45, 7) is 6.93. The second-order valence-corrected chi connectivity index (χ2v) is 4.80. The lowest BCUT2D eigenvalue weighted by Gasteiger charge is -2.44. The molecule has 0 radical (unpaired) electrons. The summed E-state index contributed by atoms with van der Waals surface area (Å²) in [4.78, 5) is 2.29. The minimum Gasteiger partial charge on any atom is -0.388 e. The van der Waals surface area contributed by atoms with Crippen molar-refractivity contribution in [1.82, 2.24) is 4.90 Å². The van der Waals surface area contributed by atoms with E-state index in [0.717, 1.165) is 19.6 Å². The van der Waals surface area contributed by atoms with Gasteiger partial charge in [-0.15, -0.1) is 0 Å². The number of hydrogen-bond donors (Lipinski definition) is 1. The predicted molar refractivity (Wildman–Crippen MR) is 50.1 cm³/mol. The van der Waals surface area contributed by atoms with Crippen LogP contribution in [0.15, 0.2) is 0 Å². The van der Waals surface area contributed by atoms with Crippen molar-refractivity contribution in [2.45, 2.75) is 19.4 Å². The molecule has 0 aromatic carbocycles. The first-order valence-corrected chi connectivity index (χ1v) is 5.32. The van der Waals surface area contributed by atoms with E-state index < -0.39 is 5.60 Å². The number of rotatable bonds is 4. The molecule has 1 heterocycles. The van der Waals surface area contributed by atoms with Crippen molar-refractivity contribution in [1.29, 1.82) is 0 Å². The van der Waals surface area contributed by atoms with Gasteiger partial charge < -0.3 is 5.11 Å². The second kappa shape index (κ2) is 3.78. The maximum absolute atomic E-state index is 9.39. The molecule has 1 aliphatic rings. The summed E-state index contributed by atoms with van der Waals surface area (Å²) in [6, 6.07) is 0. The molecule has 3 heteroatoms. The van der Waals surface area contributed by atoms with E-state index in [0.29, 0.717) is 0 Å². The lowest BCUT2D eigenvalue weighted by atomic mass is 9.97. The molecule has 1 aliphatic heterocycles. The Bertz CT molecular complexity index is 119. The summed E-state index contributed by atoms with van der Waals surface area (Å²) in [5.74, 6) is 2.40. The number of nitrogens with zero attached hydrogens (tertiary/aromatic N) is 1. The first-order valence-electron chi connectivity index (χ1n) is 4.16. The monoisotopic (exact) mass is 175 g/mol. The smallest absolute Gasteiger partial charge is 0.0872 e. The molecule has 1 N–H and O–H groups in total. The van der Waals surface area contributed by atoms with Crippen LogP contribution in [-0.4, -0.2) is 46.7 Å². The molecule has 0 aromatic rings. The van der Waals surface area contributed by atoms with Gasteiger partial charge >= 0.3 is 0 Å². The number of aliphatic hydroxyl groups is 1. The predicted octanol–water partition coefficient (Wildman–Crippen LogP) is 0.806. The average Bonchev–Trinajstić information content (AvgIpc) is 1.84. The third-order valence-electron chi connectivity index (χ3n) is 1.88. The molecule has 11 heavy (non-hydrogen) atoms. The Morgan fingerprint density at radius 1 is 1.55 bits per heavy atom. The van der Waals surface area contributed by atoms with Crippen LogP contribution in [0, 0.1) is 0 Å². The van der Waals surface area contributed by atoms with Gasteiger partial charge in [0.1, 0.15) is 0 Å². The van der Waals surface area contributed by atoms with E-state index in [-0.39, 0.29) is 0 Å². The van der Waals surface area contributed by atoms with E-state index in [4.69, 9.17) is 0 Å². The van der Waals surface area contributed by atoms with Gasteiger partial charge in [0.15, 0.2) is 0 Å². The Labute approximate surface area is 73.0 Å². The van der Waals surface area contributed by atoms with Crippen LogP contribution < -0.4 is 0 Å². The normalized spacial score (nSPS) is 23.2. The molecule has 0 atom stereocenters. The molecule has 0 bridgehead atoms. The van der Waals surface area contributed by atoms with Gasteiger partial charge in [0, 0.05) is 25.4 Å². The lowest BCUT2D eigenvalue weighted by Crippen LogP contribution is -2.60. The Hall–Kier alpha value is 0.270. The van der Waals surface area contributed by atoms with Crippen LogP contribution in [-0.2, 0) is 0 Å². The highest BCUT2D eigenvalue weighted by molar-refractivity contribution is 7.99. The molecular weight excluding hydrogens is 158 g/mol. The van der Waals surface area contributed by atoms with Gasteiger partial charge in [0.05, 0.1) is 5.60 Å². The van der Waals surface area contributed by atoms with Crippen LogP contribution in [0.5, 0.6) is 0 Å². The largest absolute Gasteiger partial charge is 0.388 e. The molecule has 0 unspecified atom stereocenters. The Morgan fingerprint density at radius 2 is 2.18 bits per heavy atom. The summed E-state index contributed by atoms with van der Waals surface area (Å²) in [6.07, 6.45) is 0. The Morgan fingerprint density at radius 3 is 2.64 bits per heavy atom. The van der Waals surface area contributed by atoms with Gasteiger partial charge in [0.2, 0.25) is 0 Å². The van der Waals surface area contributed by atoms with Gasteiger partial charge in [-0.1, -0.05) is 6.92 Å². The minimum absolute atomic E-state index is 0.392. The lowest BCUT2D eigenvalue weighted by molar-refractivity contribution is -0.0801. The second-order valence-electron chi connectivity index (χ2n) is 3.40. The molecule has 1 fully saturated rings. The van der Waals surface area contributed by atoms with Gasteiger partial charge in [-0.3, -0.25) is 4.90 Å². The number of likely N-dealkylation sites (tertiary alicyclic amines) is 1. The Balaban J connectivity index is 1.96. The van der Waals surface area contributed by atoms with E-state index in [1.54, 1.807) is 0 Å². The highest BCUT2D eigenvalue weighted by atomic mass is 32.2. The molecule has 0 amide bonds. The molecule has 2 nitrogen and oxygen atoms in total. The standard InChI is InChI=1S/C8H17NOS/c1-3-11-5-4-9-6-8(2,10)7-9/h10H,3-7H2,1-2H3. The van der Waals surface area contributed by atoms with Crippen molar-refractivity contribution in [3.05, 3.63) is 0 Å². The maximum Gasteiger partial charge on any atom is 0.0872 e. The van der Waals surface area contributed by atoms with Crippen LogP contribution in [0.4, 0.5) is 0 Å². The average molecular weight is 175 g/mol. The molecule has 0 aromatic heterocycles. The van der Waals surface area contributed by atoms with Crippen LogP contribution in [0.2, 0.25) is 0 Å². The summed E-state index contributed by atoms with van der Waals surface area (Å²) in [7, 11) is 0. The summed E-state index contributed by atoms with van der Waals surface area (Å²) < 4.78 is 0. The third-order valence-corrected chi connectivity index (χ3v) is 2.76. The van der Waals surface area contributed by atoms with E-state index in [1.807, 2.05) is 18.7 Å². The molecule has 0 spiro atoms. The molecule has 1 saturated heterocycles. The van der Waals surface area contributed by atoms with Crippen LogP contribution >= 0.6 is 11.8 Å². The molecule has 1 rings (SSSR count). The fourth-order valence-electron chi connectivity index (χ4n) is 1.41. The van der Waals surface area contributed by atoms with Crippen LogP contribution in [0.25, 0.3) is 0 Å². The van der Waals surface area contributed by atoms with E-state index in [1.165, 1.54) is 11.5 Å². The van der Waals surface area contributed by atoms with Crippen molar-refractivity contribution in [2.24, 2.45) is 0 Å². The summed E-state index contributed by atoms with van der Waals surface area (Å²) >= 11 is 1.96. The summed E-state index contributed by atoms with van der Waals surface area (Å²) in [5.41, 5.74) is -0.392. The van der Waals surface area contributed by atoms with Gasteiger partial charge in [-0.05, 0) is 12.7 Å². The Kier molecular flexibility index (Phi) is 3.22. The van der Waals surface area contributed by atoms with Crippen molar-refractivity contribution in [2.75, 3.05) is 31.1 Å². The fraction of sp³-hybridized carbons (Fsp3) is 1.00. The molecule has 66 valence electrons. The highest BCUT2D eigenvalue weighted by Crippen LogP contribution is 2.19. The topological polar surface area (TPSA) is 23.5 Å². The summed E-state index contributed by atoms with van der Waals surface area (Å²) in [5, 5.41) is 9.39. The van der Waals surface area contributed by atoms with Crippen LogP contribution in [0.3, 0.4) is 0 Å². The van der Waals surface area contributed by atoms with E-state index in [9.17, 15) is 5.11 Å². The number of β-amino-alcohol motifs (C(OH)–C–C–N with tert-alkyl or cyclic N) is 1. The quantitative estimate of drug-likeness (QED) is 0.640. The molecule has 0 aliphatic carbocycles. The molecule has 0 saturated carbocycles. The number of thioether (sulfide) groups is 1. The van der Waals surface area contributed by atoms with Gasteiger partial charge in [0.25, 0.3) is 0 Å². The fourth-order valence-corrected chi connectivity index (χ4v) is 2.09. The zero-order valence-corrected chi connectivity index (χ0v) is 8.15. The zero-order chi connectivity index (χ0) is 8.32. The third kappa shape index (κ3) is 3.01. The molecular formula is C8H17NOS. The SMILES string of the molecule is CCSCCN1CC(C)(O)C1. The first kappa shape index (κ1) is 9.36. The highest BCUT2D eigenvalue weighted by Gasteiger charge is 2.35. The first-order chi connectivity index (χ1) is 5.14. The van der Waals surface area contributed by atoms with Crippen LogP contribution in [0.1, 0.15) is 13.8 Å². The van der Waals surface area contributed by atoms with Crippen molar-refractivity contribution in [3.8, 4) is 0 Å².